The minimum absolute atomic E-state index is 0.0160. The zero-order valence-electron chi connectivity index (χ0n) is 12.9. The third-order valence-electron chi connectivity index (χ3n) is 3.27. The number of rotatable bonds is 6. The van der Waals surface area contributed by atoms with Gasteiger partial charge in [0.25, 0.3) is 5.91 Å². The number of ether oxygens (including phenoxy) is 1. The van der Waals surface area contributed by atoms with Crippen LogP contribution in [0.2, 0.25) is 0 Å². The van der Waals surface area contributed by atoms with Gasteiger partial charge < -0.3 is 9.64 Å². The van der Waals surface area contributed by atoms with Gasteiger partial charge in [0.2, 0.25) is 0 Å². The Kier molecular flexibility index (Phi) is 6.01. The zero-order valence-corrected chi connectivity index (χ0v) is 14.5. The number of benzene rings is 2. The zero-order chi connectivity index (χ0) is 15.9. The van der Waals surface area contributed by atoms with Gasteiger partial charge in [0.05, 0.1) is 6.61 Å². The molecule has 0 saturated heterocycles. The summed E-state index contributed by atoms with van der Waals surface area (Å²) in [6.45, 7) is 3.27. The lowest BCUT2D eigenvalue weighted by Gasteiger charge is -2.18. The molecule has 0 bridgehead atoms. The third-order valence-corrected chi connectivity index (χ3v) is 4.04. The van der Waals surface area contributed by atoms with Crippen LogP contribution in [0.15, 0.2) is 53.0 Å². The van der Waals surface area contributed by atoms with Crippen LogP contribution in [0.25, 0.3) is 0 Å². The molecule has 0 aliphatic rings. The van der Waals surface area contributed by atoms with Gasteiger partial charge in [-0.2, -0.15) is 0 Å². The standard InChI is InChI=1S/C18H20BrNO2/c1-3-11-22-16-9-6-8-14(12-16)18(21)20(2)13-15-7-4-5-10-17(15)19/h4-10,12H,3,11,13H2,1-2H3. The van der Waals surface area contributed by atoms with Gasteiger partial charge in [0, 0.05) is 23.6 Å². The van der Waals surface area contributed by atoms with E-state index in [4.69, 9.17) is 4.74 Å². The summed E-state index contributed by atoms with van der Waals surface area (Å²) in [5.41, 5.74) is 1.72. The maximum atomic E-state index is 12.5. The molecule has 0 aliphatic carbocycles. The molecule has 0 saturated carbocycles. The molecule has 0 unspecified atom stereocenters. The molecule has 1 amide bonds. The Hall–Kier alpha value is -1.81. The molecular weight excluding hydrogens is 342 g/mol. The highest BCUT2D eigenvalue weighted by atomic mass is 79.9. The molecule has 0 N–H and O–H groups in total. The van der Waals surface area contributed by atoms with E-state index in [9.17, 15) is 4.79 Å². The average molecular weight is 362 g/mol. The second kappa shape index (κ2) is 7.99. The average Bonchev–Trinajstić information content (AvgIpc) is 2.54. The summed E-state index contributed by atoms with van der Waals surface area (Å²) in [6.07, 6.45) is 0.945. The van der Waals surface area contributed by atoms with E-state index >= 15 is 0 Å². The Morgan fingerprint density at radius 3 is 2.68 bits per heavy atom. The van der Waals surface area contributed by atoms with Crippen LogP contribution in [-0.4, -0.2) is 24.5 Å². The van der Waals surface area contributed by atoms with Gasteiger partial charge in [-0.05, 0) is 36.2 Å². The van der Waals surface area contributed by atoms with Crippen molar-refractivity contribution in [3.63, 3.8) is 0 Å². The van der Waals surface area contributed by atoms with Crippen LogP contribution < -0.4 is 4.74 Å². The summed E-state index contributed by atoms with van der Waals surface area (Å²) in [6, 6.07) is 15.3. The van der Waals surface area contributed by atoms with Crippen molar-refractivity contribution >= 4 is 21.8 Å². The van der Waals surface area contributed by atoms with E-state index in [0.717, 1.165) is 22.2 Å². The Bertz CT molecular complexity index is 642. The summed E-state index contributed by atoms with van der Waals surface area (Å²) < 4.78 is 6.59. The minimum Gasteiger partial charge on any atom is -0.494 e. The van der Waals surface area contributed by atoms with Crippen molar-refractivity contribution in [2.24, 2.45) is 0 Å². The molecule has 116 valence electrons. The van der Waals surface area contributed by atoms with Crippen LogP contribution in [0, 0.1) is 0 Å². The van der Waals surface area contributed by atoms with Crippen molar-refractivity contribution in [1.82, 2.24) is 4.90 Å². The normalized spacial score (nSPS) is 10.3. The SMILES string of the molecule is CCCOc1cccc(C(=O)N(C)Cc2ccccc2Br)c1. The predicted molar refractivity (Wildman–Crippen MR) is 92.2 cm³/mol. The number of amides is 1. The molecular formula is C18H20BrNO2. The van der Waals surface area contributed by atoms with Crippen LogP contribution in [0.5, 0.6) is 5.75 Å². The molecule has 2 aromatic rings. The smallest absolute Gasteiger partial charge is 0.254 e. The Morgan fingerprint density at radius 2 is 1.95 bits per heavy atom. The summed E-state index contributed by atoms with van der Waals surface area (Å²) in [5.74, 6) is 0.722. The lowest BCUT2D eigenvalue weighted by Crippen LogP contribution is -2.26. The fourth-order valence-corrected chi connectivity index (χ4v) is 2.52. The van der Waals surface area contributed by atoms with Gasteiger partial charge in [-0.15, -0.1) is 0 Å². The maximum Gasteiger partial charge on any atom is 0.254 e. The quantitative estimate of drug-likeness (QED) is 0.757. The number of nitrogens with zero attached hydrogens (tertiary/aromatic N) is 1. The van der Waals surface area contributed by atoms with Gasteiger partial charge in [0.15, 0.2) is 0 Å². The topological polar surface area (TPSA) is 29.5 Å². The maximum absolute atomic E-state index is 12.5. The van der Waals surface area contributed by atoms with Crippen molar-refractivity contribution in [3.05, 3.63) is 64.1 Å². The first-order chi connectivity index (χ1) is 10.6. The van der Waals surface area contributed by atoms with Crippen molar-refractivity contribution in [2.75, 3.05) is 13.7 Å². The fourth-order valence-electron chi connectivity index (χ4n) is 2.11. The molecule has 0 spiro atoms. The molecule has 2 rings (SSSR count). The molecule has 2 aromatic carbocycles. The van der Waals surface area contributed by atoms with Crippen molar-refractivity contribution in [2.45, 2.75) is 19.9 Å². The Labute approximate surface area is 140 Å². The molecule has 0 aromatic heterocycles. The number of hydrogen-bond donors (Lipinski definition) is 0. The molecule has 0 fully saturated rings. The van der Waals surface area contributed by atoms with E-state index in [1.807, 2.05) is 42.5 Å². The van der Waals surface area contributed by atoms with Crippen LogP contribution >= 0.6 is 15.9 Å². The van der Waals surface area contributed by atoms with Gasteiger partial charge in [0.1, 0.15) is 5.75 Å². The molecule has 0 aliphatic heterocycles. The number of hydrogen-bond acceptors (Lipinski definition) is 2. The van der Waals surface area contributed by atoms with Crippen LogP contribution in [0.1, 0.15) is 29.3 Å². The van der Waals surface area contributed by atoms with E-state index in [1.165, 1.54) is 0 Å². The first-order valence-corrected chi connectivity index (χ1v) is 8.13. The molecule has 22 heavy (non-hydrogen) atoms. The largest absolute Gasteiger partial charge is 0.494 e. The fraction of sp³-hybridized carbons (Fsp3) is 0.278. The van der Waals surface area contributed by atoms with Crippen LogP contribution in [-0.2, 0) is 6.54 Å². The molecule has 0 heterocycles. The summed E-state index contributed by atoms with van der Waals surface area (Å²) in [7, 11) is 1.81. The van der Waals surface area contributed by atoms with Crippen molar-refractivity contribution in [3.8, 4) is 5.75 Å². The highest BCUT2D eigenvalue weighted by molar-refractivity contribution is 9.10. The number of halogens is 1. The van der Waals surface area contributed by atoms with Gasteiger partial charge in [-0.3, -0.25) is 4.79 Å². The Balaban J connectivity index is 2.08. The highest BCUT2D eigenvalue weighted by Gasteiger charge is 2.13. The molecule has 0 radical (unpaired) electrons. The minimum atomic E-state index is -0.0160. The monoisotopic (exact) mass is 361 g/mol. The van der Waals surface area contributed by atoms with Crippen LogP contribution in [0.4, 0.5) is 0 Å². The second-order valence-electron chi connectivity index (χ2n) is 5.13. The van der Waals surface area contributed by atoms with E-state index in [2.05, 4.69) is 22.9 Å². The lowest BCUT2D eigenvalue weighted by atomic mass is 10.1. The number of carbonyl (C=O) groups is 1. The third kappa shape index (κ3) is 4.34. The van der Waals surface area contributed by atoms with E-state index in [0.29, 0.717) is 18.7 Å². The predicted octanol–water partition coefficient (Wildman–Crippen LogP) is 4.51. The first-order valence-electron chi connectivity index (χ1n) is 7.33. The Morgan fingerprint density at radius 1 is 1.18 bits per heavy atom. The van der Waals surface area contributed by atoms with E-state index in [-0.39, 0.29) is 5.91 Å². The highest BCUT2D eigenvalue weighted by Crippen LogP contribution is 2.19. The van der Waals surface area contributed by atoms with Crippen molar-refractivity contribution in [1.29, 1.82) is 0 Å². The molecule has 3 nitrogen and oxygen atoms in total. The van der Waals surface area contributed by atoms with Crippen molar-refractivity contribution < 1.29 is 9.53 Å². The van der Waals surface area contributed by atoms with Gasteiger partial charge >= 0.3 is 0 Å². The van der Waals surface area contributed by atoms with E-state index in [1.54, 1.807) is 18.0 Å². The first kappa shape index (κ1) is 16.6. The summed E-state index contributed by atoms with van der Waals surface area (Å²) in [4.78, 5) is 14.2. The second-order valence-corrected chi connectivity index (χ2v) is 5.98. The summed E-state index contributed by atoms with van der Waals surface area (Å²) >= 11 is 3.51. The lowest BCUT2D eigenvalue weighted by molar-refractivity contribution is 0.0784. The van der Waals surface area contributed by atoms with Gasteiger partial charge in [-0.1, -0.05) is 47.1 Å². The van der Waals surface area contributed by atoms with Crippen LogP contribution in [0.3, 0.4) is 0 Å². The van der Waals surface area contributed by atoms with Gasteiger partial charge in [-0.25, -0.2) is 0 Å². The molecule has 0 atom stereocenters. The summed E-state index contributed by atoms with van der Waals surface area (Å²) in [5, 5.41) is 0. The number of carbonyl (C=O) groups excluding carboxylic acids is 1. The molecule has 4 heteroatoms. The van der Waals surface area contributed by atoms with E-state index < -0.39 is 0 Å².